The predicted molar refractivity (Wildman–Crippen MR) is 67.0 cm³/mol. The van der Waals surface area contributed by atoms with Crippen molar-refractivity contribution >= 4 is 12.4 Å². The van der Waals surface area contributed by atoms with Crippen molar-refractivity contribution in [3.05, 3.63) is 17.7 Å². The van der Waals surface area contributed by atoms with Gasteiger partial charge in [0.2, 0.25) is 12.5 Å². The second-order valence-electron chi connectivity index (χ2n) is 3.64. The van der Waals surface area contributed by atoms with E-state index >= 15 is 0 Å². The maximum Gasteiger partial charge on any atom is 0.231 e. The molecule has 0 radical (unpaired) electrons. The zero-order chi connectivity index (χ0) is 11.5. The molecule has 0 bridgehead atoms. The molecule has 0 aromatic heterocycles. The molecule has 0 saturated carbocycles. The third kappa shape index (κ3) is 2.74. The van der Waals surface area contributed by atoms with E-state index in [1.54, 1.807) is 7.11 Å². The Morgan fingerprint density at radius 1 is 1.41 bits per heavy atom. The summed E-state index contributed by atoms with van der Waals surface area (Å²) in [6.45, 7) is 0.777. The average molecular weight is 261 g/mol. The first kappa shape index (κ1) is 13.9. The quantitative estimate of drug-likeness (QED) is 0.850. The number of rotatable bonds is 4. The third-order valence-corrected chi connectivity index (χ3v) is 2.59. The van der Waals surface area contributed by atoms with Gasteiger partial charge in [0.25, 0.3) is 0 Å². The minimum atomic E-state index is -0.103. The van der Waals surface area contributed by atoms with Crippen LogP contribution in [0, 0.1) is 0 Å². The monoisotopic (exact) mass is 260 g/mol. The zero-order valence-electron chi connectivity index (χ0n) is 9.64. The summed E-state index contributed by atoms with van der Waals surface area (Å²) < 4.78 is 15.9. The van der Waals surface area contributed by atoms with Crippen molar-refractivity contribution in [3.63, 3.8) is 0 Å². The van der Waals surface area contributed by atoms with E-state index < -0.39 is 0 Å². The largest absolute Gasteiger partial charge is 0.493 e. The van der Waals surface area contributed by atoms with Crippen molar-refractivity contribution < 1.29 is 14.2 Å². The molecular formula is C11H17ClN2O3. The maximum absolute atomic E-state index is 5.99. The number of methoxy groups -OCH3 is 1. The first-order valence-corrected chi connectivity index (χ1v) is 5.19. The van der Waals surface area contributed by atoms with E-state index in [4.69, 9.17) is 25.7 Å². The molecule has 1 aromatic rings. The third-order valence-electron chi connectivity index (χ3n) is 2.59. The van der Waals surface area contributed by atoms with Crippen LogP contribution in [0.4, 0.5) is 0 Å². The van der Waals surface area contributed by atoms with Crippen LogP contribution in [0.25, 0.3) is 0 Å². The van der Waals surface area contributed by atoms with Crippen LogP contribution < -0.4 is 25.7 Å². The van der Waals surface area contributed by atoms with Gasteiger partial charge in [-0.15, -0.1) is 12.4 Å². The summed E-state index contributed by atoms with van der Waals surface area (Å²) in [6.07, 6.45) is 0.725. The van der Waals surface area contributed by atoms with Crippen LogP contribution in [0.3, 0.4) is 0 Å². The summed E-state index contributed by atoms with van der Waals surface area (Å²) in [7, 11) is 1.59. The van der Waals surface area contributed by atoms with E-state index in [0.717, 1.165) is 12.0 Å². The molecule has 0 saturated heterocycles. The van der Waals surface area contributed by atoms with Crippen molar-refractivity contribution in [2.24, 2.45) is 11.5 Å². The summed E-state index contributed by atoms with van der Waals surface area (Å²) >= 11 is 0. The van der Waals surface area contributed by atoms with Crippen molar-refractivity contribution in [2.75, 3.05) is 20.4 Å². The molecular weight excluding hydrogens is 244 g/mol. The van der Waals surface area contributed by atoms with Crippen molar-refractivity contribution in [3.8, 4) is 17.2 Å². The van der Waals surface area contributed by atoms with Gasteiger partial charge >= 0.3 is 0 Å². The number of nitrogens with two attached hydrogens (primary N) is 2. The Morgan fingerprint density at radius 2 is 2.18 bits per heavy atom. The van der Waals surface area contributed by atoms with Crippen molar-refractivity contribution in [2.45, 2.75) is 12.5 Å². The van der Waals surface area contributed by atoms with Crippen LogP contribution in [-0.2, 0) is 0 Å². The Morgan fingerprint density at radius 3 is 2.82 bits per heavy atom. The molecule has 96 valence electrons. The van der Waals surface area contributed by atoms with E-state index in [-0.39, 0.29) is 25.2 Å². The Hall–Kier alpha value is -1.17. The van der Waals surface area contributed by atoms with Crippen molar-refractivity contribution in [1.82, 2.24) is 0 Å². The molecule has 0 fully saturated rings. The maximum atomic E-state index is 5.99. The second-order valence-corrected chi connectivity index (χ2v) is 3.64. The SMILES string of the molecule is COc1cc([C@H](N)CCN)cc2c1OCO2.Cl. The molecule has 6 heteroatoms. The van der Waals surface area contributed by atoms with Gasteiger partial charge < -0.3 is 25.7 Å². The van der Waals surface area contributed by atoms with Crippen LogP contribution in [0.1, 0.15) is 18.0 Å². The second kappa shape index (κ2) is 5.95. The van der Waals surface area contributed by atoms with Gasteiger partial charge in [0, 0.05) is 6.04 Å². The summed E-state index contributed by atoms with van der Waals surface area (Å²) in [6, 6.07) is 3.65. The molecule has 0 unspecified atom stereocenters. The van der Waals surface area contributed by atoms with Crippen LogP contribution in [0.2, 0.25) is 0 Å². The number of ether oxygens (including phenoxy) is 3. The van der Waals surface area contributed by atoms with E-state index in [1.165, 1.54) is 0 Å². The lowest BCUT2D eigenvalue weighted by molar-refractivity contribution is 0.171. The minimum absolute atomic E-state index is 0. The zero-order valence-corrected chi connectivity index (χ0v) is 10.5. The van der Waals surface area contributed by atoms with E-state index in [9.17, 15) is 0 Å². The number of hydrogen-bond acceptors (Lipinski definition) is 5. The van der Waals surface area contributed by atoms with Gasteiger partial charge in [-0.2, -0.15) is 0 Å². The van der Waals surface area contributed by atoms with E-state index in [1.807, 2.05) is 12.1 Å². The highest BCUT2D eigenvalue weighted by Crippen LogP contribution is 2.42. The summed E-state index contributed by atoms with van der Waals surface area (Å²) in [5.74, 6) is 1.98. The first-order valence-electron chi connectivity index (χ1n) is 5.19. The van der Waals surface area contributed by atoms with Gasteiger partial charge in [0.1, 0.15) is 0 Å². The lowest BCUT2D eigenvalue weighted by atomic mass is 10.0. The number of benzene rings is 1. The lowest BCUT2D eigenvalue weighted by Crippen LogP contribution is -2.15. The average Bonchev–Trinajstić information content (AvgIpc) is 2.75. The molecule has 1 aliphatic rings. The Kier molecular flexibility index (Phi) is 4.86. The predicted octanol–water partition coefficient (Wildman–Crippen LogP) is 1.19. The van der Waals surface area contributed by atoms with Crippen molar-refractivity contribution in [1.29, 1.82) is 0 Å². The highest BCUT2D eigenvalue weighted by atomic mass is 35.5. The topological polar surface area (TPSA) is 79.7 Å². The van der Waals surface area contributed by atoms with Crippen LogP contribution in [0.15, 0.2) is 12.1 Å². The summed E-state index contributed by atoms with van der Waals surface area (Å²) in [5.41, 5.74) is 12.4. The summed E-state index contributed by atoms with van der Waals surface area (Å²) in [4.78, 5) is 0. The van der Waals surface area contributed by atoms with Crippen LogP contribution >= 0.6 is 12.4 Å². The number of fused-ring (bicyclic) bond motifs is 1. The molecule has 0 aliphatic carbocycles. The normalized spacial score (nSPS) is 14.1. The fourth-order valence-corrected chi connectivity index (χ4v) is 1.71. The Labute approximate surface area is 106 Å². The fraction of sp³-hybridized carbons (Fsp3) is 0.455. The molecule has 1 atom stereocenters. The van der Waals surface area contributed by atoms with E-state index in [2.05, 4.69) is 0 Å². The van der Waals surface area contributed by atoms with Gasteiger partial charge in [-0.25, -0.2) is 0 Å². The molecule has 0 amide bonds. The molecule has 1 heterocycles. The molecule has 0 spiro atoms. The Balaban J connectivity index is 0.00000144. The fourth-order valence-electron chi connectivity index (χ4n) is 1.71. The molecule has 4 N–H and O–H groups in total. The molecule has 2 rings (SSSR count). The first-order chi connectivity index (χ1) is 7.76. The molecule has 5 nitrogen and oxygen atoms in total. The summed E-state index contributed by atoms with van der Waals surface area (Å²) in [5, 5.41) is 0. The van der Waals surface area contributed by atoms with Gasteiger partial charge in [0.05, 0.1) is 7.11 Å². The minimum Gasteiger partial charge on any atom is -0.493 e. The highest BCUT2D eigenvalue weighted by Gasteiger charge is 2.21. The molecule has 1 aromatic carbocycles. The van der Waals surface area contributed by atoms with Gasteiger partial charge in [-0.1, -0.05) is 0 Å². The van der Waals surface area contributed by atoms with E-state index in [0.29, 0.717) is 23.8 Å². The van der Waals surface area contributed by atoms with Crippen LogP contribution in [0.5, 0.6) is 17.2 Å². The number of halogens is 1. The highest BCUT2D eigenvalue weighted by molar-refractivity contribution is 5.85. The standard InChI is InChI=1S/C11H16N2O3.ClH/c1-14-9-4-7(8(13)2-3-12)5-10-11(9)16-6-15-10;/h4-5,8H,2-3,6,12-13H2,1H3;1H/t8-;/m1./s1. The van der Waals surface area contributed by atoms with Gasteiger partial charge in [0.15, 0.2) is 11.5 Å². The molecule has 17 heavy (non-hydrogen) atoms. The Bertz CT molecular complexity index is 387. The smallest absolute Gasteiger partial charge is 0.231 e. The molecule has 1 aliphatic heterocycles. The van der Waals surface area contributed by atoms with Gasteiger partial charge in [-0.05, 0) is 30.7 Å². The lowest BCUT2D eigenvalue weighted by Gasteiger charge is -2.13. The number of hydrogen-bond donors (Lipinski definition) is 2. The van der Waals surface area contributed by atoms with Gasteiger partial charge in [-0.3, -0.25) is 0 Å². The van der Waals surface area contributed by atoms with Crippen LogP contribution in [-0.4, -0.2) is 20.4 Å².